The van der Waals surface area contributed by atoms with Gasteiger partial charge in [-0.25, -0.2) is 0 Å². The standard InChI is InChI=1S/C6H14BNO3/c1-4(2)5(6(9)10)7-11-3-8/h4-5,7H,3,8H2,1-2H3,(H,9,10)/t5-/m0/s1. The van der Waals surface area contributed by atoms with Gasteiger partial charge in [-0.2, -0.15) is 0 Å². The average Bonchev–Trinajstić information content (AvgIpc) is 1.87. The highest BCUT2D eigenvalue weighted by atomic mass is 16.4. The van der Waals surface area contributed by atoms with Crippen LogP contribution in [-0.4, -0.2) is 25.3 Å². The summed E-state index contributed by atoms with van der Waals surface area (Å²) in [6.07, 6.45) is 0. The van der Waals surface area contributed by atoms with Crippen LogP contribution in [0.4, 0.5) is 0 Å². The molecule has 11 heavy (non-hydrogen) atoms. The minimum absolute atomic E-state index is 0.0799. The molecular formula is C6H14BNO3. The molecule has 0 heterocycles. The van der Waals surface area contributed by atoms with Crippen LogP contribution in [0.3, 0.4) is 0 Å². The lowest BCUT2D eigenvalue weighted by atomic mass is 9.72. The SMILES string of the molecule is CC(C)[C@H](BOCN)C(=O)O. The predicted octanol–water partition coefficient (Wildman–Crippen LogP) is -0.200. The normalized spacial score (nSPS) is 13.1. The number of carboxylic acids is 1. The lowest BCUT2D eigenvalue weighted by Gasteiger charge is -2.13. The first-order chi connectivity index (χ1) is 5.09. The van der Waals surface area contributed by atoms with Gasteiger partial charge in [0.15, 0.2) is 0 Å². The molecule has 0 spiro atoms. The summed E-state index contributed by atoms with van der Waals surface area (Å²) in [6, 6.07) is 0. The topological polar surface area (TPSA) is 72.5 Å². The largest absolute Gasteiger partial charge is 0.481 e. The van der Waals surface area contributed by atoms with E-state index in [9.17, 15) is 4.79 Å². The van der Waals surface area contributed by atoms with Crippen LogP contribution in [0.5, 0.6) is 0 Å². The second-order valence-corrected chi connectivity index (χ2v) is 2.73. The maximum Gasteiger partial charge on any atom is 0.301 e. The van der Waals surface area contributed by atoms with E-state index < -0.39 is 11.8 Å². The highest BCUT2D eigenvalue weighted by Gasteiger charge is 2.22. The van der Waals surface area contributed by atoms with E-state index in [1.807, 2.05) is 13.8 Å². The molecule has 0 aliphatic heterocycles. The van der Waals surface area contributed by atoms with Crippen LogP contribution in [0.1, 0.15) is 13.8 Å². The van der Waals surface area contributed by atoms with E-state index >= 15 is 0 Å². The molecule has 4 nitrogen and oxygen atoms in total. The highest BCUT2D eigenvalue weighted by molar-refractivity contribution is 6.36. The molecule has 0 amide bonds. The van der Waals surface area contributed by atoms with Gasteiger partial charge in [0, 0.05) is 0 Å². The summed E-state index contributed by atoms with van der Waals surface area (Å²) in [4.78, 5) is 10.5. The van der Waals surface area contributed by atoms with E-state index in [0.717, 1.165) is 0 Å². The monoisotopic (exact) mass is 159 g/mol. The number of carboxylic acid groups (broad SMARTS) is 1. The molecule has 0 aliphatic rings. The zero-order valence-electron chi connectivity index (χ0n) is 6.91. The van der Waals surface area contributed by atoms with Gasteiger partial charge in [0.05, 0.1) is 12.5 Å². The van der Waals surface area contributed by atoms with Crippen LogP contribution >= 0.6 is 0 Å². The first kappa shape index (κ1) is 10.5. The van der Waals surface area contributed by atoms with E-state index in [-0.39, 0.29) is 20.1 Å². The summed E-state index contributed by atoms with van der Waals surface area (Å²) < 4.78 is 4.82. The maximum atomic E-state index is 10.5. The average molecular weight is 159 g/mol. The predicted molar refractivity (Wildman–Crippen MR) is 43.5 cm³/mol. The molecule has 3 N–H and O–H groups in total. The van der Waals surface area contributed by atoms with Crippen molar-refractivity contribution in [3.63, 3.8) is 0 Å². The summed E-state index contributed by atoms with van der Waals surface area (Å²) in [6.45, 7) is 3.77. The number of hydrogen-bond donors (Lipinski definition) is 2. The zero-order valence-corrected chi connectivity index (χ0v) is 6.91. The van der Waals surface area contributed by atoms with Gasteiger partial charge in [-0.3, -0.25) is 4.79 Å². The van der Waals surface area contributed by atoms with Crippen molar-refractivity contribution in [2.24, 2.45) is 11.7 Å². The molecule has 0 radical (unpaired) electrons. The Morgan fingerprint density at radius 2 is 2.27 bits per heavy atom. The fraction of sp³-hybridized carbons (Fsp3) is 0.833. The Balaban J connectivity index is 3.80. The first-order valence-electron chi connectivity index (χ1n) is 3.60. The Morgan fingerprint density at radius 3 is 2.55 bits per heavy atom. The molecule has 0 bridgehead atoms. The van der Waals surface area contributed by atoms with Crippen molar-refractivity contribution in [1.29, 1.82) is 0 Å². The summed E-state index contributed by atoms with van der Waals surface area (Å²) in [5.74, 6) is -1.19. The lowest BCUT2D eigenvalue weighted by molar-refractivity contribution is -0.138. The van der Waals surface area contributed by atoms with Gasteiger partial charge < -0.3 is 15.5 Å². The summed E-state index contributed by atoms with van der Waals surface area (Å²) in [5, 5.41) is 8.65. The van der Waals surface area contributed by atoms with E-state index in [1.54, 1.807) is 0 Å². The van der Waals surface area contributed by atoms with Crippen molar-refractivity contribution < 1.29 is 14.6 Å². The van der Waals surface area contributed by atoms with Crippen molar-refractivity contribution in [3.8, 4) is 0 Å². The Labute approximate surface area is 67.0 Å². The number of carbonyl (C=O) groups is 1. The third kappa shape index (κ3) is 4.00. The smallest absolute Gasteiger partial charge is 0.301 e. The molecule has 64 valence electrons. The molecule has 5 heteroatoms. The number of rotatable bonds is 5. The Bertz CT molecular complexity index is 129. The molecule has 0 unspecified atom stereocenters. The molecule has 0 fully saturated rings. The highest BCUT2D eigenvalue weighted by Crippen LogP contribution is 2.15. The van der Waals surface area contributed by atoms with Crippen molar-refractivity contribution in [3.05, 3.63) is 0 Å². The minimum Gasteiger partial charge on any atom is -0.481 e. The second-order valence-electron chi connectivity index (χ2n) is 2.73. The van der Waals surface area contributed by atoms with E-state index in [0.29, 0.717) is 0 Å². The third-order valence-corrected chi connectivity index (χ3v) is 1.54. The first-order valence-corrected chi connectivity index (χ1v) is 3.60. The fourth-order valence-corrected chi connectivity index (χ4v) is 0.744. The summed E-state index contributed by atoms with van der Waals surface area (Å²) in [5.41, 5.74) is 5.06. The van der Waals surface area contributed by atoms with E-state index in [1.165, 1.54) is 0 Å². The van der Waals surface area contributed by atoms with Gasteiger partial charge in [-0.15, -0.1) is 0 Å². The lowest BCUT2D eigenvalue weighted by Crippen LogP contribution is -2.23. The van der Waals surface area contributed by atoms with Crippen LogP contribution in [-0.2, 0) is 9.45 Å². The molecule has 0 aromatic rings. The quantitative estimate of drug-likeness (QED) is 0.430. The molecule has 0 aliphatic carbocycles. The van der Waals surface area contributed by atoms with Crippen molar-refractivity contribution >= 4 is 13.5 Å². The molecule has 0 aromatic heterocycles. The molecule has 0 aromatic carbocycles. The Kier molecular flexibility index (Phi) is 4.90. The zero-order chi connectivity index (χ0) is 8.85. The van der Waals surface area contributed by atoms with Gasteiger partial charge in [-0.05, 0) is 5.92 Å². The van der Waals surface area contributed by atoms with Crippen LogP contribution in [0.25, 0.3) is 0 Å². The van der Waals surface area contributed by atoms with Gasteiger partial charge in [-0.1, -0.05) is 13.8 Å². The number of hydrogen-bond acceptors (Lipinski definition) is 3. The Hall–Kier alpha value is -0.545. The van der Waals surface area contributed by atoms with Crippen LogP contribution < -0.4 is 5.73 Å². The minimum atomic E-state index is -0.826. The van der Waals surface area contributed by atoms with Gasteiger partial charge >= 0.3 is 5.97 Å². The maximum absolute atomic E-state index is 10.5. The van der Waals surface area contributed by atoms with Gasteiger partial charge in [0.25, 0.3) is 7.48 Å². The van der Waals surface area contributed by atoms with Crippen LogP contribution in [0.2, 0.25) is 5.82 Å². The van der Waals surface area contributed by atoms with Gasteiger partial charge in [0.1, 0.15) is 0 Å². The van der Waals surface area contributed by atoms with Crippen molar-refractivity contribution in [2.75, 3.05) is 6.73 Å². The fourth-order valence-electron chi connectivity index (χ4n) is 0.744. The van der Waals surface area contributed by atoms with Gasteiger partial charge in [0.2, 0.25) is 0 Å². The van der Waals surface area contributed by atoms with E-state index in [2.05, 4.69) is 0 Å². The van der Waals surface area contributed by atoms with Crippen LogP contribution in [0, 0.1) is 5.92 Å². The Morgan fingerprint density at radius 1 is 1.73 bits per heavy atom. The molecular weight excluding hydrogens is 145 g/mol. The van der Waals surface area contributed by atoms with Crippen molar-refractivity contribution in [2.45, 2.75) is 19.7 Å². The third-order valence-electron chi connectivity index (χ3n) is 1.54. The number of nitrogens with two attached hydrogens (primary N) is 1. The van der Waals surface area contributed by atoms with Crippen LogP contribution in [0.15, 0.2) is 0 Å². The number of aliphatic carboxylic acids is 1. The second kappa shape index (κ2) is 5.15. The van der Waals surface area contributed by atoms with Crippen molar-refractivity contribution in [1.82, 2.24) is 0 Å². The molecule has 0 rings (SSSR count). The molecule has 1 atom stereocenters. The molecule has 0 saturated carbocycles. The summed E-state index contributed by atoms with van der Waals surface area (Å²) >= 11 is 0. The molecule has 0 saturated heterocycles. The summed E-state index contributed by atoms with van der Waals surface area (Å²) in [7, 11) is 0.198. The van der Waals surface area contributed by atoms with E-state index in [4.69, 9.17) is 15.5 Å².